The van der Waals surface area contributed by atoms with Gasteiger partial charge in [0.2, 0.25) is 0 Å². The minimum absolute atomic E-state index is 0.118. The van der Waals surface area contributed by atoms with E-state index >= 15 is 0 Å². The van der Waals surface area contributed by atoms with Gasteiger partial charge in [-0.05, 0) is 52.0 Å². The molecule has 0 unspecified atom stereocenters. The first-order valence-corrected chi connectivity index (χ1v) is 9.25. The zero-order valence-corrected chi connectivity index (χ0v) is 15.8. The number of piperidine rings is 1. The molecule has 4 bridgehead atoms. The Kier molecular flexibility index (Phi) is 4.99. The molecular weight excluding hydrogens is 338 g/mol. The van der Waals surface area contributed by atoms with Crippen LogP contribution in [0.3, 0.4) is 0 Å². The number of amides is 1. The van der Waals surface area contributed by atoms with E-state index in [0.29, 0.717) is 19.6 Å². The maximum absolute atomic E-state index is 12.7. The van der Waals surface area contributed by atoms with Crippen molar-refractivity contribution in [2.45, 2.75) is 52.2 Å². The fourth-order valence-electron chi connectivity index (χ4n) is 4.30. The summed E-state index contributed by atoms with van der Waals surface area (Å²) in [4.78, 5) is 38.8. The minimum atomic E-state index is -0.636. The summed E-state index contributed by atoms with van der Waals surface area (Å²) in [6, 6.07) is -0.503. The van der Waals surface area contributed by atoms with Crippen LogP contribution in [-0.4, -0.2) is 54.3 Å². The van der Waals surface area contributed by atoms with E-state index in [2.05, 4.69) is 0 Å². The first kappa shape index (κ1) is 18.7. The van der Waals surface area contributed by atoms with Gasteiger partial charge in [-0.2, -0.15) is 0 Å². The van der Waals surface area contributed by atoms with Crippen molar-refractivity contribution in [3.8, 4) is 0 Å². The van der Waals surface area contributed by atoms with Crippen LogP contribution in [0.15, 0.2) is 11.6 Å². The third-order valence-electron chi connectivity index (χ3n) is 5.23. The fraction of sp³-hybridized carbons (Fsp3) is 0.737. The van der Waals surface area contributed by atoms with E-state index in [4.69, 9.17) is 14.2 Å². The molecule has 7 heteroatoms. The van der Waals surface area contributed by atoms with Gasteiger partial charge in [0.05, 0.1) is 25.2 Å². The number of likely N-dealkylation sites (tertiary alicyclic amines) is 1. The maximum atomic E-state index is 12.7. The number of hydrogen-bond donors (Lipinski definition) is 0. The topological polar surface area (TPSA) is 82.1 Å². The molecule has 26 heavy (non-hydrogen) atoms. The van der Waals surface area contributed by atoms with E-state index < -0.39 is 29.6 Å². The summed E-state index contributed by atoms with van der Waals surface area (Å²) in [6.45, 7) is 8.32. The highest BCUT2D eigenvalue weighted by Gasteiger charge is 2.54. The van der Waals surface area contributed by atoms with Crippen molar-refractivity contribution in [1.29, 1.82) is 0 Å². The lowest BCUT2D eigenvalue weighted by Gasteiger charge is -2.52. The molecule has 4 atom stereocenters. The summed E-state index contributed by atoms with van der Waals surface area (Å²) < 4.78 is 16.0. The van der Waals surface area contributed by atoms with Crippen LogP contribution in [0.1, 0.15) is 40.5 Å². The Bertz CT molecular complexity index is 634. The summed E-state index contributed by atoms with van der Waals surface area (Å²) in [5.41, 5.74) is 0.168. The summed E-state index contributed by atoms with van der Waals surface area (Å²) >= 11 is 0. The van der Waals surface area contributed by atoms with Gasteiger partial charge in [-0.1, -0.05) is 0 Å². The number of fused-ring (bicyclic) bond motifs is 6. The highest BCUT2D eigenvalue weighted by molar-refractivity contribution is 5.85. The van der Waals surface area contributed by atoms with E-state index in [1.54, 1.807) is 32.6 Å². The molecule has 1 saturated carbocycles. The molecule has 0 aromatic carbocycles. The lowest BCUT2D eigenvalue weighted by molar-refractivity contribution is -0.165. The Hall–Kier alpha value is -2.05. The zero-order valence-electron chi connectivity index (χ0n) is 15.8. The zero-order chi connectivity index (χ0) is 19.1. The third-order valence-corrected chi connectivity index (χ3v) is 5.23. The first-order chi connectivity index (χ1) is 12.2. The molecule has 1 aliphatic carbocycles. The predicted octanol–water partition coefficient (Wildman–Crippen LogP) is 2.29. The van der Waals surface area contributed by atoms with Crippen molar-refractivity contribution >= 4 is 18.0 Å². The van der Waals surface area contributed by atoms with Gasteiger partial charge in [0.15, 0.2) is 0 Å². The van der Waals surface area contributed by atoms with Crippen molar-refractivity contribution in [1.82, 2.24) is 4.90 Å². The van der Waals surface area contributed by atoms with Crippen LogP contribution < -0.4 is 0 Å². The van der Waals surface area contributed by atoms with Gasteiger partial charge >= 0.3 is 18.0 Å². The number of esters is 2. The number of ether oxygens (including phenoxy) is 3. The number of carbonyl (C=O) groups excluding carboxylic acids is 3. The minimum Gasteiger partial charge on any atom is -0.465 e. The standard InChI is InChI=1S/C19H27NO6/c1-5-24-15(21)9-13-12-6-7-20(18(23)26-19(2,3)4)16(13)14-8-11(12)10-25-17(14)22/h9,11-12,14,16H,5-8,10H2,1-4H3/b13-9-/t11-,12-,14-,16-/m1/s1. The van der Waals surface area contributed by atoms with E-state index in [9.17, 15) is 14.4 Å². The molecule has 2 saturated heterocycles. The largest absolute Gasteiger partial charge is 0.465 e. The third kappa shape index (κ3) is 3.57. The van der Waals surface area contributed by atoms with E-state index in [0.717, 1.165) is 12.0 Å². The molecule has 0 radical (unpaired) electrons. The van der Waals surface area contributed by atoms with Crippen LogP contribution in [-0.2, 0) is 23.8 Å². The van der Waals surface area contributed by atoms with Gasteiger partial charge < -0.3 is 19.1 Å². The van der Waals surface area contributed by atoms with Gasteiger partial charge in [-0.3, -0.25) is 4.79 Å². The monoisotopic (exact) mass is 365 g/mol. The molecule has 3 aliphatic rings. The maximum Gasteiger partial charge on any atom is 0.410 e. The second-order valence-electron chi connectivity index (χ2n) is 8.14. The Morgan fingerprint density at radius 2 is 2.04 bits per heavy atom. The van der Waals surface area contributed by atoms with E-state index in [1.165, 1.54) is 6.08 Å². The second kappa shape index (κ2) is 6.93. The van der Waals surface area contributed by atoms with Crippen molar-refractivity contribution in [2.24, 2.45) is 17.8 Å². The van der Waals surface area contributed by atoms with Crippen LogP contribution >= 0.6 is 0 Å². The Morgan fingerprint density at radius 1 is 1.31 bits per heavy atom. The smallest absolute Gasteiger partial charge is 0.410 e. The summed E-state index contributed by atoms with van der Waals surface area (Å²) in [5, 5.41) is 0. The predicted molar refractivity (Wildman–Crippen MR) is 92.1 cm³/mol. The highest BCUT2D eigenvalue weighted by atomic mass is 16.6. The Labute approximate surface area is 153 Å². The molecule has 2 aliphatic heterocycles. The van der Waals surface area contributed by atoms with E-state index in [1.807, 2.05) is 0 Å². The molecule has 0 spiro atoms. The lowest BCUT2D eigenvalue weighted by Crippen LogP contribution is -2.60. The van der Waals surface area contributed by atoms with E-state index in [-0.39, 0.29) is 24.4 Å². The molecule has 0 N–H and O–H groups in total. The Balaban J connectivity index is 1.96. The lowest BCUT2D eigenvalue weighted by atomic mass is 9.63. The SMILES string of the molecule is CCOC(=O)/C=C1\[C@@H]2[C@H]3C[C@H](COC3=O)[C@H]1CCN2C(=O)OC(C)(C)C. The fourth-order valence-corrected chi connectivity index (χ4v) is 4.30. The second-order valence-corrected chi connectivity index (χ2v) is 8.14. The average Bonchev–Trinajstić information content (AvgIpc) is 2.52. The van der Waals surface area contributed by atoms with Gasteiger partial charge in [0.25, 0.3) is 0 Å². The number of carbonyl (C=O) groups is 3. The highest BCUT2D eigenvalue weighted by Crippen LogP contribution is 2.48. The molecular formula is C19H27NO6. The number of rotatable bonds is 2. The quantitative estimate of drug-likeness (QED) is 0.424. The van der Waals surface area contributed by atoms with Crippen LogP contribution in [0, 0.1) is 17.8 Å². The molecule has 3 fully saturated rings. The molecule has 1 amide bonds. The molecule has 0 aromatic rings. The summed E-state index contributed by atoms with van der Waals surface area (Å²) in [6.07, 6.45) is 2.41. The van der Waals surface area contributed by atoms with Crippen molar-refractivity contribution in [3.63, 3.8) is 0 Å². The average molecular weight is 365 g/mol. The van der Waals surface area contributed by atoms with Crippen molar-refractivity contribution in [3.05, 3.63) is 11.6 Å². The molecule has 2 heterocycles. The Morgan fingerprint density at radius 3 is 2.69 bits per heavy atom. The van der Waals surface area contributed by atoms with Gasteiger partial charge in [-0.25, -0.2) is 9.59 Å². The molecule has 144 valence electrons. The van der Waals surface area contributed by atoms with Gasteiger partial charge in [0, 0.05) is 18.5 Å². The summed E-state index contributed by atoms with van der Waals surface area (Å²) in [5.74, 6) is -0.895. The normalized spacial score (nSPS) is 32.1. The van der Waals surface area contributed by atoms with Crippen molar-refractivity contribution < 1.29 is 28.6 Å². The molecule has 0 aromatic heterocycles. The first-order valence-electron chi connectivity index (χ1n) is 9.25. The van der Waals surface area contributed by atoms with Crippen LogP contribution in [0.2, 0.25) is 0 Å². The van der Waals surface area contributed by atoms with Gasteiger partial charge in [-0.15, -0.1) is 0 Å². The van der Waals surface area contributed by atoms with Gasteiger partial charge in [0.1, 0.15) is 5.60 Å². The number of cyclic esters (lactones) is 1. The van der Waals surface area contributed by atoms with Crippen LogP contribution in [0.25, 0.3) is 0 Å². The number of hydrogen-bond acceptors (Lipinski definition) is 6. The summed E-state index contributed by atoms with van der Waals surface area (Å²) in [7, 11) is 0. The molecule has 7 nitrogen and oxygen atoms in total. The molecule has 3 rings (SSSR count). The number of nitrogens with zero attached hydrogens (tertiary/aromatic N) is 1. The van der Waals surface area contributed by atoms with Crippen molar-refractivity contribution in [2.75, 3.05) is 19.8 Å². The van der Waals surface area contributed by atoms with Crippen LogP contribution in [0.4, 0.5) is 4.79 Å². The van der Waals surface area contributed by atoms with Crippen LogP contribution in [0.5, 0.6) is 0 Å².